The first-order chi connectivity index (χ1) is 5.07. The molecule has 0 spiro atoms. The van der Waals surface area contributed by atoms with Crippen molar-refractivity contribution in [2.45, 2.75) is 26.4 Å². The molecule has 1 nitrogen and oxygen atoms in total. The van der Waals surface area contributed by atoms with Crippen LogP contribution in [0.15, 0.2) is 22.2 Å². The Balaban J connectivity index is 3.88. The minimum atomic E-state index is -0.513. The summed E-state index contributed by atoms with van der Waals surface area (Å²) < 4.78 is 0. The topological polar surface area (TPSA) is 20.2 Å². The fraction of sp³-hybridized carbons (Fsp3) is 0.500. The minimum absolute atomic E-state index is 0.513. The number of allylic oxidation sites excluding steroid dienone is 1. The van der Waals surface area contributed by atoms with E-state index in [1.54, 1.807) is 19.9 Å². The molecule has 0 aliphatic rings. The summed E-state index contributed by atoms with van der Waals surface area (Å²) in [5, 5.41) is 10.00. The molecule has 0 aliphatic carbocycles. The highest BCUT2D eigenvalue weighted by Gasteiger charge is 2.02. The van der Waals surface area contributed by atoms with E-state index in [9.17, 15) is 5.11 Å². The Hall–Kier alpha value is 0.0200. The molecular weight excluding hydrogens is 183 g/mol. The van der Waals surface area contributed by atoms with Crippen LogP contribution >= 0.6 is 23.2 Å². The Labute approximate surface area is 77.3 Å². The summed E-state index contributed by atoms with van der Waals surface area (Å²) in [7, 11) is 0. The summed E-state index contributed by atoms with van der Waals surface area (Å²) in [6.45, 7) is 3.54. The molecule has 64 valence electrons. The first kappa shape index (κ1) is 11.0. The molecule has 0 aromatic heterocycles. The van der Waals surface area contributed by atoms with Gasteiger partial charge in [-0.3, -0.25) is 0 Å². The lowest BCUT2D eigenvalue weighted by Gasteiger charge is -2.06. The van der Waals surface area contributed by atoms with Gasteiger partial charge in [-0.15, -0.1) is 0 Å². The van der Waals surface area contributed by atoms with Crippen LogP contribution in [0.4, 0.5) is 0 Å². The van der Waals surface area contributed by atoms with Crippen LogP contribution in [0.3, 0.4) is 0 Å². The number of halogens is 2. The van der Waals surface area contributed by atoms with Crippen LogP contribution in [0.5, 0.6) is 0 Å². The van der Waals surface area contributed by atoms with E-state index < -0.39 is 6.10 Å². The molecule has 0 aromatic rings. The molecule has 0 heterocycles. The predicted octanol–water partition coefficient (Wildman–Crippen LogP) is 3.02. The molecule has 3 heteroatoms. The van der Waals surface area contributed by atoms with Crippen molar-refractivity contribution >= 4 is 23.2 Å². The van der Waals surface area contributed by atoms with Gasteiger partial charge in [0.15, 0.2) is 0 Å². The van der Waals surface area contributed by atoms with E-state index in [4.69, 9.17) is 23.2 Å². The van der Waals surface area contributed by atoms with Crippen molar-refractivity contribution in [3.63, 3.8) is 0 Å². The van der Waals surface area contributed by atoms with Gasteiger partial charge >= 0.3 is 0 Å². The molecule has 0 radical (unpaired) electrons. The van der Waals surface area contributed by atoms with E-state index >= 15 is 0 Å². The van der Waals surface area contributed by atoms with Crippen molar-refractivity contribution in [2.75, 3.05) is 0 Å². The minimum Gasteiger partial charge on any atom is -0.388 e. The van der Waals surface area contributed by atoms with E-state index in [0.29, 0.717) is 11.5 Å². The van der Waals surface area contributed by atoms with Gasteiger partial charge in [0.1, 0.15) is 0 Å². The highest BCUT2D eigenvalue weighted by molar-refractivity contribution is 6.29. The summed E-state index contributed by atoms with van der Waals surface area (Å²) in [4.78, 5) is 0. The lowest BCUT2D eigenvalue weighted by Crippen LogP contribution is -2.05. The highest BCUT2D eigenvalue weighted by atomic mass is 35.5. The van der Waals surface area contributed by atoms with E-state index in [1.165, 1.54) is 5.54 Å². The van der Waals surface area contributed by atoms with Crippen molar-refractivity contribution in [3.05, 3.63) is 22.2 Å². The van der Waals surface area contributed by atoms with Crippen LogP contribution in [-0.2, 0) is 0 Å². The van der Waals surface area contributed by atoms with Gasteiger partial charge in [-0.25, -0.2) is 0 Å². The average molecular weight is 195 g/mol. The molecule has 0 rings (SSSR count). The molecule has 0 fully saturated rings. The Morgan fingerprint density at radius 1 is 1.55 bits per heavy atom. The van der Waals surface area contributed by atoms with Gasteiger partial charge in [-0.05, 0) is 25.8 Å². The maximum atomic E-state index is 9.31. The molecule has 1 N–H and O–H groups in total. The monoisotopic (exact) mass is 194 g/mol. The molecule has 11 heavy (non-hydrogen) atoms. The van der Waals surface area contributed by atoms with E-state index in [1.807, 2.05) is 0 Å². The second-order valence-corrected chi connectivity index (χ2v) is 3.21. The lowest BCUT2D eigenvalue weighted by atomic mass is 10.1. The van der Waals surface area contributed by atoms with Gasteiger partial charge in [-0.1, -0.05) is 29.3 Å². The summed E-state index contributed by atoms with van der Waals surface area (Å²) in [5.74, 6) is 0. The summed E-state index contributed by atoms with van der Waals surface area (Å²) in [6.07, 6.45) is 1.77. The molecule has 1 atom stereocenters. The highest BCUT2D eigenvalue weighted by Crippen LogP contribution is 2.10. The zero-order chi connectivity index (χ0) is 8.85. The molecular formula is C8H12Cl2O. The number of hydrogen-bond donors (Lipinski definition) is 1. The number of aliphatic hydroxyl groups excluding tert-OH is 1. The van der Waals surface area contributed by atoms with Crippen LogP contribution in [0.2, 0.25) is 0 Å². The van der Waals surface area contributed by atoms with Gasteiger partial charge < -0.3 is 5.11 Å². The lowest BCUT2D eigenvalue weighted by molar-refractivity contribution is 0.214. The van der Waals surface area contributed by atoms with Gasteiger partial charge in [0.2, 0.25) is 0 Å². The van der Waals surface area contributed by atoms with Crippen LogP contribution in [-0.4, -0.2) is 11.2 Å². The van der Waals surface area contributed by atoms with Gasteiger partial charge in [-0.2, -0.15) is 0 Å². The normalized spacial score (nSPS) is 16.8. The van der Waals surface area contributed by atoms with Crippen molar-refractivity contribution in [3.8, 4) is 0 Å². The number of rotatable bonds is 3. The third kappa shape index (κ3) is 5.31. The summed E-state index contributed by atoms with van der Waals surface area (Å²) in [5.41, 5.74) is 2.13. The molecule has 0 aromatic carbocycles. The number of hydrogen-bond acceptors (Lipinski definition) is 1. The number of aliphatic hydroxyl groups is 1. The SMILES string of the molecule is CC(Cl)=CCC(O)C(C)=CCl. The third-order valence-corrected chi connectivity index (χ3v) is 1.82. The van der Waals surface area contributed by atoms with Gasteiger partial charge in [0, 0.05) is 10.6 Å². The maximum absolute atomic E-state index is 9.31. The Bertz CT molecular complexity index is 169. The molecule has 1 unspecified atom stereocenters. The van der Waals surface area contributed by atoms with Crippen molar-refractivity contribution in [1.82, 2.24) is 0 Å². The van der Waals surface area contributed by atoms with Crippen molar-refractivity contribution < 1.29 is 5.11 Å². The van der Waals surface area contributed by atoms with E-state index in [-0.39, 0.29) is 0 Å². The van der Waals surface area contributed by atoms with Crippen LogP contribution < -0.4 is 0 Å². The third-order valence-electron chi connectivity index (χ3n) is 1.32. The standard InChI is InChI=1S/C8H12Cl2O/c1-6(5-9)8(11)4-3-7(2)10/h3,5,8,11H,4H2,1-2H3. The fourth-order valence-corrected chi connectivity index (χ4v) is 0.767. The average Bonchev–Trinajstić information content (AvgIpc) is 1.98. The smallest absolute Gasteiger partial charge is 0.0793 e. The quantitative estimate of drug-likeness (QED) is 0.733. The second kappa shape index (κ2) is 5.64. The molecule has 0 saturated carbocycles. The largest absolute Gasteiger partial charge is 0.388 e. The fourth-order valence-electron chi connectivity index (χ4n) is 0.533. The first-order valence-corrected chi connectivity index (χ1v) is 4.16. The zero-order valence-electron chi connectivity index (χ0n) is 6.64. The van der Waals surface area contributed by atoms with Crippen LogP contribution in [0.25, 0.3) is 0 Å². The van der Waals surface area contributed by atoms with Gasteiger partial charge in [0.25, 0.3) is 0 Å². The zero-order valence-corrected chi connectivity index (χ0v) is 8.15. The van der Waals surface area contributed by atoms with Crippen molar-refractivity contribution in [1.29, 1.82) is 0 Å². The Morgan fingerprint density at radius 3 is 2.45 bits per heavy atom. The summed E-state index contributed by atoms with van der Waals surface area (Å²) in [6, 6.07) is 0. The molecule has 0 bridgehead atoms. The van der Waals surface area contributed by atoms with Crippen molar-refractivity contribution in [2.24, 2.45) is 0 Å². The molecule has 0 saturated heterocycles. The van der Waals surface area contributed by atoms with Gasteiger partial charge in [0.05, 0.1) is 6.10 Å². The van der Waals surface area contributed by atoms with E-state index in [0.717, 1.165) is 5.57 Å². The van der Waals surface area contributed by atoms with Crippen LogP contribution in [0, 0.1) is 0 Å². The Morgan fingerprint density at radius 2 is 2.09 bits per heavy atom. The molecule has 0 amide bonds. The van der Waals surface area contributed by atoms with Crippen LogP contribution in [0.1, 0.15) is 20.3 Å². The Kier molecular flexibility index (Phi) is 5.65. The second-order valence-electron chi connectivity index (χ2n) is 2.40. The first-order valence-electron chi connectivity index (χ1n) is 3.35. The van der Waals surface area contributed by atoms with E-state index in [2.05, 4.69) is 0 Å². The predicted molar refractivity (Wildman–Crippen MR) is 49.8 cm³/mol. The summed E-state index contributed by atoms with van der Waals surface area (Å²) >= 11 is 11.0. The maximum Gasteiger partial charge on any atom is 0.0793 e. The molecule has 0 aliphatic heterocycles.